The smallest absolute Gasteiger partial charge is 0.425 e. The summed E-state index contributed by atoms with van der Waals surface area (Å²) >= 11 is 2.93. The summed E-state index contributed by atoms with van der Waals surface area (Å²) in [4.78, 5) is 57.3. The van der Waals surface area contributed by atoms with E-state index < -0.39 is 51.7 Å². The molecule has 2 amide bonds. The van der Waals surface area contributed by atoms with Crippen molar-refractivity contribution in [1.82, 2.24) is 20.7 Å². The Bertz CT molecular complexity index is 1340. The third-order valence-electron chi connectivity index (χ3n) is 10.4. The van der Waals surface area contributed by atoms with Gasteiger partial charge in [0.05, 0.1) is 6.04 Å². The molecule has 1 aromatic carbocycles. The maximum absolute atomic E-state index is 14.4. The summed E-state index contributed by atoms with van der Waals surface area (Å²) < 4.78 is 4.59. The van der Waals surface area contributed by atoms with Gasteiger partial charge >= 0.3 is 18.0 Å². The number of amides is 2. The van der Waals surface area contributed by atoms with Gasteiger partial charge in [-0.05, 0) is 89.6 Å². The van der Waals surface area contributed by atoms with Crippen LogP contribution in [-0.2, 0) is 25.5 Å². The average molecular weight is 763 g/mol. The highest BCUT2D eigenvalue weighted by Crippen LogP contribution is 2.52. The van der Waals surface area contributed by atoms with Gasteiger partial charge in [-0.15, -0.1) is 23.5 Å². The molecular formula is C39H62N4O7S2. The van der Waals surface area contributed by atoms with Gasteiger partial charge in [-0.3, -0.25) is 4.79 Å². The largest absolute Gasteiger partial charge is 0.480 e. The average Bonchev–Trinajstić information content (AvgIpc) is 3.09. The lowest BCUT2D eigenvalue weighted by Gasteiger charge is -2.48. The van der Waals surface area contributed by atoms with Crippen LogP contribution in [-0.4, -0.2) is 103 Å². The maximum Gasteiger partial charge on any atom is 0.425 e. The van der Waals surface area contributed by atoms with E-state index in [4.69, 9.17) is 4.74 Å². The zero-order chi connectivity index (χ0) is 38.1. The van der Waals surface area contributed by atoms with Gasteiger partial charge in [-0.2, -0.15) is 0 Å². The number of piperidine rings is 1. The minimum Gasteiger partial charge on any atom is -0.480 e. The quantitative estimate of drug-likeness (QED) is 0.140. The van der Waals surface area contributed by atoms with Crippen LogP contribution in [0.15, 0.2) is 30.3 Å². The van der Waals surface area contributed by atoms with Crippen LogP contribution < -0.4 is 10.7 Å². The van der Waals surface area contributed by atoms with Crippen LogP contribution in [0.1, 0.15) is 111 Å². The molecule has 13 heteroatoms. The lowest BCUT2D eigenvalue weighted by Crippen LogP contribution is -2.66. The highest BCUT2D eigenvalue weighted by atomic mass is 32.2. The van der Waals surface area contributed by atoms with Gasteiger partial charge in [-0.1, -0.05) is 82.7 Å². The third-order valence-corrected chi connectivity index (χ3v) is 14.1. The number of hydrogen-bond donors (Lipinski definition) is 4. The molecule has 0 radical (unpaired) electrons. The van der Waals surface area contributed by atoms with Gasteiger partial charge in [-0.25, -0.2) is 24.8 Å². The Morgan fingerprint density at radius 2 is 1.67 bits per heavy atom. The van der Waals surface area contributed by atoms with Crippen LogP contribution in [0.2, 0.25) is 0 Å². The number of benzene rings is 1. The molecule has 6 atom stereocenters. The zero-order valence-electron chi connectivity index (χ0n) is 32.0. The second kappa shape index (κ2) is 19.2. The Balaban J connectivity index is 1.81. The molecule has 2 aliphatic heterocycles. The van der Waals surface area contributed by atoms with Gasteiger partial charge in [0.15, 0.2) is 4.08 Å². The van der Waals surface area contributed by atoms with Crippen LogP contribution in [0.5, 0.6) is 0 Å². The first-order valence-corrected chi connectivity index (χ1v) is 21.1. The number of nitrogens with zero attached hydrogens (tertiary/aromatic N) is 2. The molecule has 0 spiro atoms. The monoisotopic (exact) mass is 762 g/mol. The molecular weight excluding hydrogens is 701 g/mol. The van der Waals surface area contributed by atoms with Crippen molar-refractivity contribution in [2.24, 2.45) is 11.8 Å². The van der Waals surface area contributed by atoms with Crippen molar-refractivity contribution < 1.29 is 34.1 Å². The number of hydrogen-bond acceptors (Lipinski definition) is 9. The minimum absolute atomic E-state index is 0.0131. The Hall–Kier alpha value is -2.48. The first-order valence-electron chi connectivity index (χ1n) is 19.2. The molecule has 1 aliphatic carbocycles. The van der Waals surface area contributed by atoms with Gasteiger partial charge in [0.2, 0.25) is 5.91 Å². The minimum atomic E-state index is -1.35. The summed E-state index contributed by atoms with van der Waals surface area (Å²) in [7, 11) is 2.13. The number of ether oxygens (including phenoxy) is 1. The molecule has 4 rings (SSSR count). The lowest BCUT2D eigenvalue weighted by molar-refractivity contribution is -0.144. The van der Waals surface area contributed by atoms with Crippen LogP contribution in [0.25, 0.3) is 0 Å². The summed E-state index contributed by atoms with van der Waals surface area (Å²) in [6, 6.07) is 6.34. The van der Waals surface area contributed by atoms with Crippen molar-refractivity contribution in [3.63, 3.8) is 0 Å². The number of carboxylic acid groups (broad SMARTS) is 2. The molecule has 0 bridgehead atoms. The number of likely N-dealkylation sites (tertiary alicyclic amines) is 1. The number of carbonyl (C=O) groups excluding carboxylic acids is 2. The van der Waals surface area contributed by atoms with Gasteiger partial charge in [0.1, 0.15) is 17.7 Å². The Kier molecular flexibility index (Phi) is 15.6. The highest BCUT2D eigenvalue weighted by Gasteiger charge is 2.54. The van der Waals surface area contributed by atoms with Crippen molar-refractivity contribution in [3.8, 4) is 0 Å². The van der Waals surface area contributed by atoms with Gasteiger partial charge < -0.3 is 25.2 Å². The highest BCUT2D eigenvalue weighted by molar-refractivity contribution is 8.20. The predicted molar refractivity (Wildman–Crippen MR) is 208 cm³/mol. The molecule has 4 N–H and O–H groups in total. The molecule has 292 valence electrons. The number of nitrogens with one attached hydrogen (secondary N) is 2. The molecule has 1 saturated carbocycles. The standard InChI is InChI=1S/C39H62N4O7S2/c1-26(2)23-29(35(45)46)40-34(44)31(24-27-15-9-7-10-16-27)43(37(49)50-38(3,4)5)41-33(25-28-17-11-8-12-18-28)39(36(47)48)51-22-20-32(52-39)30-19-13-14-21-42(30)6/h7,9-10,15-16,26,28-33,41H,8,11-14,17-25H2,1-6H3,(H,40,44)(H,45,46)(H,47,48)/t29-,30?,31-,32?,33?,39?/m0/s1. The number of carbonyl (C=O) groups is 4. The van der Waals surface area contributed by atoms with E-state index in [1.165, 1.54) is 28.5 Å². The number of thioether (sulfide) groups is 2. The Morgan fingerprint density at radius 3 is 2.27 bits per heavy atom. The van der Waals surface area contributed by atoms with Crippen molar-refractivity contribution in [1.29, 1.82) is 0 Å². The second-order valence-electron chi connectivity index (χ2n) is 16.3. The number of carboxylic acids is 2. The normalized spacial score (nSPS) is 25.1. The molecule has 11 nitrogen and oxygen atoms in total. The maximum atomic E-state index is 14.4. The lowest BCUT2D eigenvalue weighted by atomic mass is 9.84. The third kappa shape index (κ3) is 11.8. The SMILES string of the molecule is CC(C)C[C@H](NC(=O)[C@H](Cc1ccccc1)N(NC(CC1CCCCC1)C1(C(=O)O)SCCC(C2CCCCN2C)S1)C(=O)OC(C)(C)C)C(=O)O. The van der Waals surface area contributed by atoms with Crippen LogP contribution in [0.4, 0.5) is 4.79 Å². The van der Waals surface area contributed by atoms with E-state index in [2.05, 4.69) is 22.7 Å². The molecule has 3 aliphatic rings. The van der Waals surface area contributed by atoms with Crippen LogP contribution in [0.3, 0.4) is 0 Å². The van der Waals surface area contributed by atoms with E-state index in [1.807, 2.05) is 44.2 Å². The summed E-state index contributed by atoms with van der Waals surface area (Å²) in [6.45, 7) is 9.99. The number of rotatable bonds is 15. The second-order valence-corrected chi connectivity index (χ2v) is 19.4. The fourth-order valence-corrected chi connectivity index (χ4v) is 11.6. The number of aliphatic carboxylic acids is 2. The molecule has 4 unspecified atom stereocenters. The molecule has 52 heavy (non-hydrogen) atoms. The fourth-order valence-electron chi connectivity index (χ4n) is 7.83. The first kappa shape index (κ1) is 42.3. The van der Waals surface area contributed by atoms with Crippen molar-refractivity contribution in [3.05, 3.63) is 35.9 Å². The summed E-state index contributed by atoms with van der Waals surface area (Å²) in [5.74, 6) is -1.87. The van der Waals surface area contributed by atoms with Crippen LogP contribution in [0, 0.1) is 11.8 Å². The van der Waals surface area contributed by atoms with E-state index >= 15 is 0 Å². The molecule has 3 fully saturated rings. The molecule has 2 saturated heterocycles. The molecule has 1 aromatic rings. The first-order chi connectivity index (χ1) is 24.6. The van der Waals surface area contributed by atoms with Gasteiger partial charge in [0.25, 0.3) is 0 Å². The topological polar surface area (TPSA) is 149 Å². The summed E-state index contributed by atoms with van der Waals surface area (Å²) in [5, 5.41) is 25.4. The van der Waals surface area contributed by atoms with Crippen molar-refractivity contribution in [2.75, 3.05) is 19.3 Å². The predicted octanol–water partition coefficient (Wildman–Crippen LogP) is 6.80. The van der Waals surface area contributed by atoms with E-state index in [9.17, 15) is 29.4 Å². The van der Waals surface area contributed by atoms with E-state index in [0.717, 1.165) is 69.9 Å². The Morgan fingerprint density at radius 1 is 1.00 bits per heavy atom. The Labute approximate surface area is 319 Å². The van der Waals surface area contributed by atoms with Gasteiger partial charge in [0, 0.05) is 17.7 Å². The van der Waals surface area contributed by atoms with Crippen molar-refractivity contribution in [2.45, 2.75) is 151 Å². The van der Waals surface area contributed by atoms with E-state index in [0.29, 0.717) is 12.2 Å². The zero-order valence-corrected chi connectivity index (χ0v) is 33.6. The van der Waals surface area contributed by atoms with E-state index in [1.54, 1.807) is 20.8 Å². The van der Waals surface area contributed by atoms with Crippen molar-refractivity contribution >= 4 is 47.5 Å². The molecule has 2 heterocycles. The van der Waals surface area contributed by atoms with Crippen LogP contribution >= 0.6 is 23.5 Å². The summed E-state index contributed by atoms with van der Waals surface area (Å²) in [6.07, 6.45) is 9.29. The summed E-state index contributed by atoms with van der Waals surface area (Å²) in [5.41, 5.74) is 3.24. The number of hydrazine groups is 1. The van der Waals surface area contributed by atoms with E-state index in [-0.39, 0.29) is 36.0 Å². The fraction of sp³-hybridized carbons (Fsp3) is 0.744. The molecule has 0 aromatic heterocycles.